The van der Waals surface area contributed by atoms with Gasteiger partial charge in [0.15, 0.2) is 0 Å². The number of ether oxygens (including phenoxy) is 1. The van der Waals surface area contributed by atoms with Crippen molar-refractivity contribution in [3.63, 3.8) is 0 Å². The molecule has 0 bridgehead atoms. The predicted octanol–water partition coefficient (Wildman–Crippen LogP) is 0.670. The van der Waals surface area contributed by atoms with Gasteiger partial charge in [0.2, 0.25) is 11.8 Å². The van der Waals surface area contributed by atoms with Crippen LogP contribution in [0.3, 0.4) is 0 Å². The smallest absolute Gasteiger partial charge is 0.282 e. The maximum absolute atomic E-state index is 12.9. The lowest BCUT2D eigenvalue weighted by molar-refractivity contribution is -0.167. The van der Waals surface area contributed by atoms with Gasteiger partial charge in [0.25, 0.3) is 5.92 Å². The van der Waals surface area contributed by atoms with E-state index in [2.05, 4.69) is 5.10 Å². The SMILES string of the molecule is CCOCC(=O)N1Cc2ccnn2[C@H](CC(=O)N2CC(F)(F)C2)C1. The Labute approximate surface area is 138 Å². The molecule has 132 valence electrons. The highest BCUT2D eigenvalue weighted by Gasteiger charge is 2.46. The Balaban J connectivity index is 1.66. The van der Waals surface area contributed by atoms with Crippen LogP contribution in [0.15, 0.2) is 12.3 Å². The van der Waals surface area contributed by atoms with Crippen LogP contribution in [0.2, 0.25) is 0 Å². The second-order valence-corrected chi connectivity index (χ2v) is 6.14. The predicted molar refractivity (Wildman–Crippen MR) is 79.3 cm³/mol. The molecular weight excluding hydrogens is 322 g/mol. The molecule has 3 heterocycles. The lowest BCUT2D eigenvalue weighted by atomic mass is 10.1. The van der Waals surface area contributed by atoms with Gasteiger partial charge in [-0.25, -0.2) is 8.78 Å². The van der Waals surface area contributed by atoms with Crippen LogP contribution in [0.25, 0.3) is 0 Å². The van der Waals surface area contributed by atoms with Crippen molar-refractivity contribution in [2.24, 2.45) is 0 Å². The van der Waals surface area contributed by atoms with Crippen LogP contribution >= 0.6 is 0 Å². The number of halogens is 2. The Bertz CT molecular complexity index is 626. The summed E-state index contributed by atoms with van der Waals surface area (Å²) in [5, 5.41) is 4.21. The summed E-state index contributed by atoms with van der Waals surface area (Å²) in [6, 6.07) is 1.44. The van der Waals surface area contributed by atoms with Gasteiger partial charge in [0.1, 0.15) is 6.61 Å². The third kappa shape index (κ3) is 3.40. The zero-order valence-corrected chi connectivity index (χ0v) is 13.5. The Morgan fingerprint density at radius 2 is 2.08 bits per heavy atom. The Kier molecular flexibility index (Phi) is 4.53. The molecule has 0 unspecified atom stereocenters. The van der Waals surface area contributed by atoms with Gasteiger partial charge in [-0.2, -0.15) is 5.10 Å². The van der Waals surface area contributed by atoms with Crippen molar-refractivity contribution in [3.05, 3.63) is 18.0 Å². The van der Waals surface area contributed by atoms with E-state index in [1.165, 1.54) is 0 Å². The standard InChI is InChI=1S/C15H20F2N4O3/c1-2-24-8-14(23)19-6-11-3-4-18-21(11)12(7-19)5-13(22)20-9-15(16,17)10-20/h3-4,12H,2,5-10H2,1H3/t12-/m1/s1. The fourth-order valence-electron chi connectivity index (χ4n) is 3.03. The van der Waals surface area contributed by atoms with Crippen molar-refractivity contribution in [2.45, 2.75) is 31.9 Å². The van der Waals surface area contributed by atoms with Crippen molar-refractivity contribution >= 4 is 11.8 Å². The lowest BCUT2D eigenvalue weighted by Gasteiger charge is -2.40. The maximum Gasteiger partial charge on any atom is 0.282 e. The third-order valence-corrected chi connectivity index (χ3v) is 4.27. The van der Waals surface area contributed by atoms with Crippen LogP contribution in [0, 0.1) is 0 Å². The van der Waals surface area contributed by atoms with Gasteiger partial charge in [-0.05, 0) is 13.0 Å². The molecule has 0 saturated carbocycles. The highest BCUT2D eigenvalue weighted by atomic mass is 19.3. The van der Waals surface area contributed by atoms with Crippen LogP contribution in [-0.2, 0) is 20.9 Å². The first kappa shape index (κ1) is 16.8. The molecule has 2 aliphatic heterocycles. The Morgan fingerprint density at radius 3 is 2.75 bits per heavy atom. The topological polar surface area (TPSA) is 67.7 Å². The molecule has 1 aromatic heterocycles. The second kappa shape index (κ2) is 6.46. The number of hydrogen-bond donors (Lipinski definition) is 0. The number of carbonyl (C=O) groups is 2. The number of alkyl halides is 2. The monoisotopic (exact) mass is 342 g/mol. The van der Waals surface area contributed by atoms with E-state index in [0.717, 1.165) is 10.6 Å². The average molecular weight is 342 g/mol. The molecule has 0 spiro atoms. The van der Waals surface area contributed by atoms with Crippen LogP contribution in [-0.4, -0.2) is 70.2 Å². The number of hydrogen-bond acceptors (Lipinski definition) is 4. The second-order valence-electron chi connectivity index (χ2n) is 6.14. The van der Waals surface area contributed by atoms with Crippen LogP contribution < -0.4 is 0 Å². The highest BCUT2D eigenvalue weighted by molar-refractivity contribution is 5.79. The summed E-state index contributed by atoms with van der Waals surface area (Å²) in [7, 11) is 0. The minimum Gasteiger partial charge on any atom is -0.372 e. The van der Waals surface area contributed by atoms with Gasteiger partial charge in [0.05, 0.1) is 37.8 Å². The third-order valence-electron chi connectivity index (χ3n) is 4.27. The molecule has 0 aromatic carbocycles. The zero-order chi connectivity index (χ0) is 17.3. The van der Waals surface area contributed by atoms with E-state index in [9.17, 15) is 18.4 Å². The van der Waals surface area contributed by atoms with Crippen molar-refractivity contribution < 1.29 is 23.1 Å². The summed E-state index contributed by atoms with van der Waals surface area (Å²) < 4.78 is 32.7. The van der Waals surface area contributed by atoms with Crippen molar-refractivity contribution in [1.29, 1.82) is 0 Å². The molecule has 0 aliphatic carbocycles. The molecule has 1 saturated heterocycles. The number of aromatic nitrogens is 2. The number of rotatable bonds is 5. The fraction of sp³-hybridized carbons (Fsp3) is 0.667. The summed E-state index contributed by atoms with van der Waals surface area (Å²) in [6.45, 7) is 1.90. The van der Waals surface area contributed by atoms with Gasteiger partial charge < -0.3 is 14.5 Å². The van der Waals surface area contributed by atoms with Gasteiger partial charge in [-0.3, -0.25) is 14.3 Å². The summed E-state index contributed by atoms with van der Waals surface area (Å²) in [4.78, 5) is 27.1. The summed E-state index contributed by atoms with van der Waals surface area (Å²) in [5.41, 5.74) is 0.817. The van der Waals surface area contributed by atoms with E-state index in [1.54, 1.807) is 21.8 Å². The largest absolute Gasteiger partial charge is 0.372 e. The van der Waals surface area contributed by atoms with E-state index < -0.39 is 19.0 Å². The average Bonchev–Trinajstić information content (AvgIpc) is 2.98. The molecule has 1 atom stereocenters. The molecule has 2 amide bonds. The Hall–Kier alpha value is -2.03. The molecule has 2 aliphatic rings. The van der Waals surface area contributed by atoms with E-state index >= 15 is 0 Å². The molecular formula is C15H20F2N4O3. The van der Waals surface area contributed by atoms with Crippen LogP contribution in [0.4, 0.5) is 8.78 Å². The minimum absolute atomic E-state index is 0.0103. The first-order valence-corrected chi connectivity index (χ1v) is 7.93. The van der Waals surface area contributed by atoms with Gasteiger partial charge in [0, 0.05) is 19.3 Å². The van der Waals surface area contributed by atoms with E-state index in [0.29, 0.717) is 19.7 Å². The highest BCUT2D eigenvalue weighted by Crippen LogP contribution is 2.29. The van der Waals surface area contributed by atoms with Crippen molar-refractivity contribution in [3.8, 4) is 0 Å². The number of amides is 2. The van der Waals surface area contributed by atoms with Crippen LogP contribution in [0.5, 0.6) is 0 Å². The van der Waals surface area contributed by atoms with Crippen molar-refractivity contribution in [1.82, 2.24) is 19.6 Å². The Morgan fingerprint density at radius 1 is 1.33 bits per heavy atom. The van der Waals surface area contributed by atoms with E-state index in [-0.39, 0.29) is 30.9 Å². The normalized spacial score (nSPS) is 22.0. The zero-order valence-electron chi connectivity index (χ0n) is 13.5. The minimum atomic E-state index is -2.78. The van der Waals surface area contributed by atoms with E-state index in [4.69, 9.17) is 4.74 Å². The summed E-state index contributed by atoms with van der Waals surface area (Å²) in [6.07, 6.45) is 1.66. The molecule has 0 N–H and O–H groups in total. The van der Waals surface area contributed by atoms with Crippen molar-refractivity contribution in [2.75, 3.05) is 32.8 Å². The molecule has 9 heteroatoms. The molecule has 1 fully saturated rings. The summed E-state index contributed by atoms with van der Waals surface area (Å²) >= 11 is 0. The molecule has 7 nitrogen and oxygen atoms in total. The number of fused-ring (bicyclic) bond motifs is 1. The van der Waals surface area contributed by atoms with Gasteiger partial charge in [-0.15, -0.1) is 0 Å². The summed E-state index contributed by atoms with van der Waals surface area (Å²) in [5.74, 6) is -3.28. The lowest BCUT2D eigenvalue weighted by Crippen LogP contribution is -2.59. The molecule has 0 radical (unpaired) electrons. The van der Waals surface area contributed by atoms with Gasteiger partial charge >= 0.3 is 0 Å². The van der Waals surface area contributed by atoms with E-state index in [1.807, 2.05) is 6.92 Å². The quantitative estimate of drug-likeness (QED) is 0.789. The number of nitrogens with zero attached hydrogens (tertiary/aromatic N) is 4. The molecule has 24 heavy (non-hydrogen) atoms. The number of carbonyl (C=O) groups excluding carboxylic acids is 2. The van der Waals surface area contributed by atoms with Gasteiger partial charge in [-0.1, -0.05) is 0 Å². The molecule has 3 rings (SSSR count). The molecule has 1 aromatic rings. The van der Waals surface area contributed by atoms with Crippen LogP contribution in [0.1, 0.15) is 25.1 Å². The first-order valence-electron chi connectivity index (χ1n) is 7.93. The first-order chi connectivity index (χ1) is 11.4. The fourth-order valence-corrected chi connectivity index (χ4v) is 3.03. The number of likely N-dealkylation sites (tertiary alicyclic amines) is 1. The maximum atomic E-state index is 12.9.